The van der Waals surface area contributed by atoms with Gasteiger partial charge in [-0.1, -0.05) is 0 Å². The van der Waals surface area contributed by atoms with Gasteiger partial charge < -0.3 is 15.3 Å². The molecule has 0 aromatic heterocycles. The standard InChI is InChI=1S/C11H24N2O4S/c1-9(8-11(2,12-3)10(14)15)13(4)6-7-18(5,16)17/h9,12H,6-8H2,1-5H3,(H,14,15). The summed E-state index contributed by atoms with van der Waals surface area (Å²) >= 11 is 0. The van der Waals surface area contributed by atoms with Crippen LogP contribution in [0.25, 0.3) is 0 Å². The van der Waals surface area contributed by atoms with Crippen LogP contribution in [0.15, 0.2) is 0 Å². The van der Waals surface area contributed by atoms with E-state index in [-0.39, 0.29) is 11.8 Å². The molecule has 0 aliphatic carbocycles. The molecule has 2 unspecified atom stereocenters. The van der Waals surface area contributed by atoms with Gasteiger partial charge in [-0.25, -0.2) is 8.42 Å². The maximum atomic E-state index is 11.2. The molecule has 0 aromatic carbocycles. The molecule has 0 heterocycles. The smallest absolute Gasteiger partial charge is 0.323 e. The first-order valence-corrected chi connectivity index (χ1v) is 7.88. The summed E-state index contributed by atoms with van der Waals surface area (Å²) in [5.41, 5.74) is -1.00. The van der Waals surface area contributed by atoms with Gasteiger partial charge >= 0.3 is 5.97 Å². The van der Waals surface area contributed by atoms with Crippen molar-refractivity contribution in [2.45, 2.75) is 31.8 Å². The molecule has 2 atom stereocenters. The summed E-state index contributed by atoms with van der Waals surface area (Å²) in [4.78, 5) is 13.0. The fraction of sp³-hybridized carbons (Fsp3) is 0.909. The lowest BCUT2D eigenvalue weighted by Crippen LogP contribution is -2.51. The lowest BCUT2D eigenvalue weighted by Gasteiger charge is -2.32. The molecular formula is C11H24N2O4S. The van der Waals surface area contributed by atoms with E-state index >= 15 is 0 Å². The third-order valence-corrected chi connectivity index (χ3v) is 4.22. The Morgan fingerprint density at radius 2 is 2.00 bits per heavy atom. The lowest BCUT2D eigenvalue weighted by atomic mass is 9.93. The predicted molar refractivity (Wildman–Crippen MR) is 71.5 cm³/mol. The molecule has 0 aromatic rings. The molecule has 2 N–H and O–H groups in total. The third-order valence-electron chi connectivity index (χ3n) is 3.29. The summed E-state index contributed by atoms with van der Waals surface area (Å²) in [5.74, 6) is -0.828. The number of rotatable bonds is 8. The predicted octanol–water partition coefficient (Wildman–Crippen LogP) is -0.196. The summed E-state index contributed by atoms with van der Waals surface area (Å²) in [6.07, 6.45) is 1.60. The van der Waals surface area contributed by atoms with Crippen LogP contribution in [0, 0.1) is 0 Å². The van der Waals surface area contributed by atoms with Crippen LogP contribution in [0.2, 0.25) is 0 Å². The molecule has 18 heavy (non-hydrogen) atoms. The molecule has 0 radical (unpaired) electrons. The van der Waals surface area contributed by atoms with E-state index in [1.54, 1.807) is 21.0 Å². The van der Waals surface area contributed by atoms with Gasteiger partial charge in [0.05, 0.1) is 5.75 Å². The van der Waals surface area contributed by atoms with E-state index < -0.39 is 21.3 Å². The summed E-state index contributed by atoms with van der Waals surface area (Å²) in [6.45, 7) is 3.91. The summed E-state index contributed by atoms with van der Waals surface area (Å²) in [6, 6.07) is -0.0275. The molecule has 0 saturated carbocycles. The minimum Gasteiger partial charge on any atom is -0.480 e. The number of sulfone groups is 1. The summed E-state index contributed by atoms with van der Waals surface area (Å²) in [7, 11) is 0.416. The van der Waals surface area contributed by atoms with Crippen molar-refractivity contribution in [1.82, 2.24) is 10.2 Å². The minimum absolute atomic E-state index is 0.0275. The topological polar surface area (TPSA) is 86.7 Å². The van der Waals surface area contributed by atoms with Crippen LogP contribution >= 0.6 is 0 Å². The van der Waals surface area contributed by atoms with Crippen molar-refractivity contribution in [2.75, 3.05) is 32.6 Å². The van der Waals surface area contributed by atoms with Gasteiger partial charge in [0.25, 0.3) is 0 Å². The molecule has 6 nitrogen and oxygen atoms in total. The van der Waals surface area contributed by atoms with Crippen molar-refractivity contribution in [3.63, 3.8) is 0 Å². The minimum atomic E-state index is -2.99. The zero-order chi connectivity index (χ0) is 14.6. The van der Waals surface area contributed by atoms with Gasteiger partial charge in [-0.05, 0) is 34.4 Å². The molecule has 7 heteroatoms. The lowest BCUT2D eigenvalue weighted by molar-refractivity contribution is -0.144. The molecule has 0 aliphatic heterocycles. The van der Waals surface area contributed by atoms with E-state index in [0.29, 0.717) is 13.0 Å². The normalized spacial score (nSPS) is 17.4. The Morgan fingerprint density at radius 1 is 1.50 bits per heavy atom. The number of nitrogens with one attached hydrogen (secondary N) is 1. The van der Waals surface area contributed by atoms with Crippen LogP contribution < -0.4 is 5.32 Å². The number of likely N-dealkylation sites (N-methyl/N-ethyl adjacent to an activating group) is 1. The molecule has 0 rings (SSSR count). The number of carboxylic acids is 1. The molecule has 0 amide bonds. The Morgan fingerprint density at radius 3 is 2.33 bits per heavy atom. The second kappa shape index (κ2) is 6.49. The molecule has 0 fully saturated rings. The number of nitrogens with zero attached hydrogens (tertiary/aromatic N) is 1. The van der Waals surface area contributed by atoms with Crippen LogP contribution in [-0.2, 0) is 14.6 Å². The van der Waals surface area contributed by atoms with Crippen LogP contribution in [0.5, 0.6) is 0 Å². The van der Waals surface area contributed by atoms with E-state index in [2.05, 4.69) is 5.32 Å². The van der Waals surface area contributed by atoms with Gasteiger partial charge in [-0.3, -0.25) is 4.79 Å². The average molecular weight is 280 g/mol. The maximum Gasteiger partial charge on any atom is 0.323 e. The fourth-order valence-electron chi connectivity index (χ4n) is 1.57. The summed E-state index contributed by atoms with van der Waals surface area (Å²) < 4.78 is 22.1. The highest BCUT2D eigenvalue weighted by Gasteiger charge is 2.33. The average Bonchev–Trinajstić information content (AvgIpc) is 2.24. The molecule has 0 spiro atoms. The maximum absolute atomic E-state index is 11.2. The monoisotopic (exact) mass is 280 g/mol. The Labute approximate surface area is 109 Å². The van der Waals surface area contributed by atoms with Crippen LogP contribution in [0.1, 0.15) is 20.3 Å². The highest BCUT2D eigenvalue weighted by Crippen LogP contribution is 2.15. The van der Waals surface area contributed by atoms with E-state index in [1.165, 1.54) is 6.26 Å². The second-order valence-corrected chi connectivity index (χ2v) is 7.31. The number of hydrogen-bond donors (Lipinski definition) is 2. The zero-order valence-corrected chi connectivity index (χ0v) is 12.5. The Hall–Kier alpha value is -0.660. The molecule has 0 bridgehead atoms. The van der Waals surface area contributed by atoms with Gasteiger partial charge in [0.15, 0.2) is 0 Å². The van der Waals surface area contributed by atoms with Crippen molar-refractivity contribution in [1.29, 1.82) is 0 Å². The van der Waals surface area contributed by atoms with Crippen LogP contribution in [0.3, 0.4) is 0 Å². The van der Waals surface area contributed by atoms with Gasteiger partial charge in [-0.15, -0.1) is 0 Å². The van der Waals surface area contributed by atoms with Gasteiger partial charge in [0.1, 0.15) is 15.4 Å². The van der Waals surface area contributed by atoms with Crippen molar-refractivity contribution < 1.29 is 18.3 Å². The second-order valence-electron chi connectivity index (χ2n) is 5.05. The Balaban J connectivity index is 4.48. The van der Waals surface area contributed by atoms with E-state index in [9.17, 15) is 13.2 Å². The van der Waals surface area contributed by atoms with Gasteiger partial charge in [0, 0.05) is 18.8 Å². The van der Waals surface area contributed by atoms with Crippen molar-refractivity contribution in [2.24, 2.45) is 0 Å². The molecule has 108 valence electrons. The Bertz CT molecular complexity index is 383. The largest absolute Gasteiger partial charge is 0.480 e. The zero-order valence-electron chi connectivity index (χ0n) is 11.7. The SMILES string of the molecule is CNC(C)(CC(C)N(C)CCS(C)(=O)=O)C(=O)O. The van der Waals surface area contributed by atoms with E-state index in [4.69, 9.17) is 5.11 Å². The molecular weight excluding hydrogens is 256 g/mol. The summed E-state index contributed by atoms with van der Waals surface area (Å²) in [5, 5.41) is 11.9. The highest BCUT2D eigenvalue weighted by atomic mass is 32.2. The van der Waals surface area contributed by atoms with E-state index in [1.807, 2.05) is 11.8 Å². The third kappa shape index (κ3) is 5.79. The number of aliphatic carboxylic acids is 1. The van der Waals surface area contributed by atoms with Gasteiger partial charge in [-0.2, -0.15) is 0 Å². The molecule has 0 aliphatic rings. The molecule has 0 saturated heterocycles. The number of carbonyl (C=O) groups is 1. The van der Waals surface area contributed by atoms with E-state index in [0.717, 1.165) is 0 Å². The number of hydrogen-bond acceptors (Lipinski definition) is 5. The van der Waals surface area contributed by atoms with Crippen LogP contribution in [-0.4, -0.2) is 68.6 Å². The first-order chi connectivity index (χ1) is 8.02. The van der Waals surface area contributed by atoms with Crippen molar-refractivity contribution in [3.05, 3.63) is 0 Å². The van der Waals surface area contributed by atoms with Crippen molar-refractivity contribution in [3.8, 4) is 0 Å². The van der Waals surface area contributed by atoms with Crippen LogP contribution in [0.4, 0.5) is 0 Å². The Kier molecular flexibility index (Phi) is 6.25. The van der Waals surface area contributed by atoms with Gasteiger partial charge in [0.2, 0.25) is 0 Å². The fourth-order valence-corrected chi connectivity index (χ4v) is 2.19. The first kappa shape index (κ1) is 17.3. The van der Waals surface area contributed by atoms with Crippen molar-refractivity contribution >= 4 is 15.8 Å². The first-order valence-electron chi connectivity index (χ1n) is 5.82. The highest BCUT2D eigenvalue weighted by molar-refractivity contribution is 7.90. The number of carboxylic acid groups (broad SMARTS) is 1. The quantitative estimate of drug-likeness (QED) is 0.640.